The van der Waals surface area contributed by atoms with E-state index in [0.29, 0.717) is 12.8 Å². The highest BCUT2D eigenvalue weighted by molar-refractivity contribution is 5.96. The van der Waals surface area contributed by atoms with Gasteiger partial charge in [0.2, 0.25) is 0 Å². The number of furan rings is 1. The number of benzene rings is 1. The molecule has 4 heteroatoms. The molecule has 3 aromatic rings. The van der Waals surface area contributed by atoms with E-state index in [1.54, 1.807) is 7.05 Å². The average molecular weight is 360 g/mol. The van der Waals surface area contributed by atoms with Gasteiger partial charge in [0.1, 0.15) is 11.5 Å². The highest BCUT2D eigenvalue weighted by Crippen LogP contribution is 2.17. The number of aryl methyl sites for hydroxylation is 3. The van der Waals surface area contributed by atoms with Crippen molar-refractivity contribution in [2.24, 2.45) is 4.99 Å². The van der Waals surface area contributed by atoms with E-state index < -0.39 is 0 Å². The van der Waals surface area contributed by atoms with Gasteiger partial charge in [-0.25, -0.2) is 0 Å². The van der Waals surface area contributed by atoms with Crippen LogP contribution in [0.5, 0.6) is 0 Å². The van der Waals surface area contributed by atoms with Crippen molar-refractivity contribution in [2.75, 3.05) is 7.05 Å². The largest absolute Gasteiger partial charge is 0.466 e. The van der Waals surface area contributed by atoms with Gasteiger partial charge in [-0.05, 0) is 49.6 Å². The zero-order valence-electron chi connectivity index (χ0n) is 16.0. The number of nitrogens with zero attached hydrogens (tertiary/aromatic N) is 2. The topological polar surface area (TPSA) is 55.5 Å². The van der Waals surface area contributed by atoms with Gasteiger partial charge < -0.3 is 4.42 Å². The molecule has 2 heterocycles. The lowest BCUT2D eigenvalue weighted by Crippen LogP contribution is -2.02. The van der Waals surface area contributed by atoms with Crippen LogP contribution in [0.3, 0.4) is 0 Å². The minimum Gasteiger partial charge on any atom is -0.466 e. The highest BCUT2D eigenvalue weighted by atomic mass is 16.3. The number of hydrogen-bond acceptors (Lipinski definition) is 4. The monoisotopic (exact) mass is 360 g/mol. The molecule has 27 heavy (non-hydrogen) atoms. The smallest absolute Gasteiger partial charge is 0.163 e. The molecule has 138 valence electrons. The van der Waals surface area contributed by atoms with Gasteiger partial charge in [0.25, 0.3) is 0 Å². The Hall–Kier alpha value is -3.01. The molecule has 4 nitrogen and oxygen atoms in total. The lowest BCUT2D eigenvalue weighted by molar-refractivity contribution is 0.0980. The number of hydrogen-bond donors (Lipinski definition) is 0. The van der Waals surface area contributed by atoms with Gasteiger partial charge in [0, 0.05) is 49.1 Å². The molecule has 3 rings (SSSR count). The number of pyridine rings is 1. The summed E-state index contributed by atoms with van der Waals surface area (Å²) in [6, 6.07) is 13.7. The maximum atomic E-state index is 12.4. The molecule has 0 fully saturated rings. The Kier molecular flexibility index (Phi) is 5.97. The number of aliphatic imine (C=N–C) groups is 1. The molecule has 0 saturated heterocycles. The third kappa shape index (κ3) is 4.79. The van der Waals surface area contributed by atoms with Crippen LogP contribution in [0.2, 0.25) is 0 Å². The van der Waals surface area contributed by atoms with Crippen molar-refractivity contribution < 1.29 is 9.21 Å². The van der Waals surface area contributed by atoms with E-state index in [-0.39, 0.29) is 5.78 Å². The van der Waals surface area contributed by atoms with Crippen LogP contribution in [0, 0.1) is 13.8 Å². The van der Waals surface area contributed by atoms with Crippen molar-refractivity contribution in [3.05, 3.63) is 88.1 Å². The summed E-state index contributed by atoms with van der Waals surface area (Å²) in [5.41, 5.74) is 5.11. The van der Waals surface area contributed by atoms with Gasteiger partial charge in [-0.2, -0.15) is 0 Å². The van der Waals surface area contributed by atoms with Crippen LogP contribution in [-0.2, 0) is 12.8 Å². The van der Waals surface area contributed by atoms with Gasteiger partial charge in [-0.3, -0.25) is 14.8 Å². The summed E-state index contributed by atoms with van der Waals surface area (Å²) in [5, 5.41) is 0. The van der Waals surface area contributed by atoms with E-state index in [4.69, 9.17) is 4.42 Å². The Labute approximate surface area is 160 Å². The zero-order chi connectivity index (χ0) is 19.2. The Balaban J connectivity index is 1.67. The summed E-state index contributed by atoms with van der Waals surface area (Å²) in [4.78, 5) is 20.9. The summed E-state index contributed by atoms with van der Waals surface area (Å²) in [6.07, 6.45) is 5.54. The molecule has 2 aromatic heterocycles. The molecule has 0 radical (unpaired) electrons. The number of rotatable bonds is 7. The molecular formula is C23H24N2O2. The van der Waals surface area contributed by atoms with E-state index in [1.807, 2.05) is 68.7 Å². The van der Waals surface area contributed by atoms with Gasteiger partial charge in [0.15, 0.2) is 5.78 Å². The van der Waals surface area contributed by atoms with Crippen LogP contribution in [0.15, 0.2) is 58.1 Å². The van der Waals surface area contributed by atoms with Crippen LogP contribution in [0.4, 0.5) is 0 Å². The van der Waals surface area contributed by atoms with E-state index in [9.17, 15) is 4.79 Å². The predicted molar refractivity (Wildman–Crippen MR) is 108 cm³/mol. The number of Topliss-reactive ketones (excluding diaryl/α,β-unsaturated/α-hetero) is 1. The molecule has 0 bridgehead atoms. The second-order valence-corrected chi connectivity index (χ2v) is 6.67. The molecule has 1 aromatic carbocycles. The maximum absolute atomic E-state index is 12.4. The van der Waals surface area contributed by atoms with Crippen molar-refractivity contribution in [2.45, 2.75) is 33.1 Å². The number of carbonyl (C=O) groups excluding carboxylic acids is 1. The maximum Gasteiger partial charge on any atom is 0.163 e. The number of carbonyl (C=O) groups is 1. The Morgan fingerprint density at radius 1 is 1.11 bits per heavy atom. The van der Waals surface area contributed by atoms with E-state index in [0.717, 1.165) is 40.3 Å². The van der Waals surface area contributed by atoms with Gasteiger partial charge >= 0.3 is 0 Å². The van der Waals surface area contributed by atoms with Crippen LogP contribution < -0.4 is 0 Å². The Morgan fingerprint density at radius 3 is 2.56 bits per heavy atom. The molecule has 0 aliphatic rings. The second-order valence-electron chi connectivity index (χ2n) is 6.67. The minimum absolute atomic E-state index is 0.133. The fourth-order valence-electron chi connectivity index (χ4n) is 3.12. The fraction of sp³-hybridized carbons (Fsp3) is 0.261. The standard InChI is InChI=1S/C23H24N2O2/c1-16-4-9-21(27-16)10-11-23(26)19-7-5-18(6-8-19)14-20-12-13-25-17(2)22(20)15-24-3/h4-9,12-13,15H,10-11,14H2,1-3H3. The first-order chi connectivity index (χ1) is 13.1. The van der Waals surface area contributed by atoms with E-state index in [2.05, 4.69) is 9.98 Å². The highest BCUT2D eigenvalue weighted by Gasteiger charge is 2.09. The van der Waals surface area contributed by atoms with Gasteiger partial charge in [-0.15, -0.1) is 0 Å². The Morgan fingerprint density at radius 2 is 1.89 bits per heavy atom. The second kappa shape index (κ2) is 8.58. The lowest BCUT2D eigenvalue weighted by Gasteiger charge is -2.09. The zero-order valence-corrected chi connectivity index (χ0v) is 16.0. The van der Waals surface area contributed by atoms with Crippen molar-refractivity contribution in [3.63, 3.8) is 0 Å². The van der Waals surface area contributed by atoms with Crippen LogP contribution in [-0.4, -0.2) is 24.0 Å². The lowest BCUT2D eigenvalue weighted by atomic mass is 9.98. The quantitative estimate of drug-likeness (QED) is 0.451. The first kappa shape index (κ1) is 18.8. The van der Waals surface area contributed by atoms with Crippen LogP contribution in [0.1, 0.15) is 50.7 Å². The molecule has 0 amide bonds. The summed E-state index contributed by atoms with van der Waals surface area (Å²) >= 11 is 0. The summed E-state index contributed by atoms with van der Waals surface area (Å²) in [6.45, 7) is 3.90. The van der Waals surface area contributed by atoms with Crippen LogP contribution in [0.25, 0.3) is 0 Å². The normalized spacial score (nSPS) is 11.2. The summed E-state index contributed by atoms with van der Waals surface area (Å²) in [5.74, 6) is 1.87. The molecule has 0 N–H and O–H groups in total. The van der Waals surface area contributed by atoms with Crippen molar-refractivity contribution in [3.8, 4) is 0 Å². The summed E-state index contributed by atoms with van der Waals surface area (Å²) < 4.78 is 5.53. The number of aromatic nitrogens is 1. The van der Waals surface area contributed by atoms with Crippen LogP contribution >= 0.6 is 0 Å². The third-order valence-corrected chi connectivity index (χ3v) is 4.60. The first-order valence-corrected chi connectivity index (χ1v) is 9.11. The van der Waals surface area contributed by atoms with E-state index >= 15 is 0 Å². The van der Waals surface area contributed by atoms with Crippen molar-refractivity contribution >= 4 is 12.0 Å². The molecule has 0 spiro atoms. The molecule has 0 saturated carbocycles. The van der Waals surface area contributed by atoms with Crippen molar-refractivity contribution in [1.82, 2.24) is 4.98 Å². The third-order valence-electron chi connectivity index (χ3n) is 4.60. The summed E-state index contributed by atoms with van der Waals surface area (Å²) in [7, 11) is 1.76. The minimum atomic E-state index is 0.133. The van der Waals surface area contributed by atoms with Crippen molar-refractivity contribution in [1.29, 1.82) is 0 Å². The predicted octanol–water partition coefficient (Wildman–Crippen LogP) is 4.75. The van der Waals surface area contributed by atoms with Gasteiger partial charge in [-0.1, -0.05) is 24.3 Å². The van der Waals surface area contributed by atoms with Gasteiger partial charge in [0.05, 0.1) is 0 Å². The molecule has 0 atom stereocenters. The SMILES string of the molecule is CN=Cc1c(Cc2ccc(C(=O)CCc3ccc(C)o3)cc2)ccnc1C. The number of ketones is 1. The molecule has 0 aliphatic carbocycles. The Bertz CT molecular complexity index is 953. The van der Waals surface area contributed by atoms with E-state index in [1.165, 1.54) is 5.56 Å². The molecule has 0 aliphatic heterocycles. The average Bonchev–Trinajstić information content (AvgIpc) is 3.08. The fourth-order valence-corrected chi connectivity index (χ4v) is 3.12. The first-order valence-electron chi connectivity index (χ1n) is 9.11. The molecule has 0 unspecified atom stereocenters. The molecular weight excluding hydrogens is 336 g/mol.